The molecule has 2 aromatic carbocycles. The molecule has 0 saturated heterocycles. The Labute approximate surface area is 140 Å². The van der Waals surface area contributed by atoms with Crippen molar-refractivity contribution in [2.75, 3.05) is 5.32 Å². The van der Waals surface area contributed by atoms with Crippen LogP contribution in [-0.2, 0) is 6.42 Å². The number of amides is 1. The van der Waals surface area contributed by atoms with Crippen LogP contribution in [0, 0.1) is 11.3 Å². The minimum absolute atomic E-state index is 0.250. The molecule has 0 aliphatic rings. The maximum absolute atomic E-state index is 12.3. The van der Waals surface area contributed by atoms with Crippen LogP contribution in [0.15, 0.2) is 60.7 Å². The molecule has 1 heterocycles. The predicted octanol–water partition coefficient (Wildman–Crippen LogP) is 3.56. The van der Waals surface area contributed by atoms with Gasteiger partial charge in [-0.2, -0.15) is 5.26 Å². The molecule has 0 fully saturated rings. The van der Waals surface area contributed by atoms with Crippen molar-refractivity contribution in [1.29, 1.82) is 5.26 Å². The van der Waals surface area contributed by atoms with Crippen LogP contribution < -0.4 is 5.32 Å². The highest BCUT2D eigenvalue weighted by molar-refractivity contribution is 6.03. The Morgan fingerprint density at radius 3 is 2.50 bits per heavy atom. The lowest BCUT2D eigenvalue weighted by Crippen LogP contribution is -2.12. The monoisotopic (exact) mass is 316 g/mol. The average molecular weight is 316 g/mol. The molecule has 0 aliphatic heterocycles. The Kier molecular flexibility index (Phi) is 4.39. The summed E-state index contributed by atoms with van der Waals surface area (Å²) in [5.74, 6) is 0.255. The molecule has 3 rings (SSSR count). The largest absolute Gasteiger partial charge is 0.305 e. The second kappa shape index (κ2) is 6.80. The van der Waals surface area contributed by atoms with Gasteiger partial charge in [-0.1, -0.05) is 25.1 Å². The van der Waals surface area contributed by atoms with Gasteiger partial charge in [0.2, 0.25) is 0 Å². The van der Waals surface area contributed by atoms with Gasteiger partial charge >= 0.3 is 0 Å². The molecule has 1 N–H and O–H groups in total. The average Bonchev–Trinajstić information content (AvgIpc) is 3.05. The van der Waals surface area contributed by atoms with Crippen LogP contribution in [0.4, 0.5) is 5.82 Å². The molecule has 24 heavy (non-hydrogen) atoms. The summed E-state index contributed by atoms with van der Waals surface area (Å²) in [6.45, 7) is 2.04. The van der Waals surface area contributed by atoms with Gasteiger partial charge in [-0.05, 0) is 42.8 Å². The van der Waals surface area contributed by atoms with Crippen molar-refractivity contribution in [3.05, 3.63) is 77.5 Å². The van der Waals surface area contributed by atoms with Crippen molar-refractivity contribution >= 4 is 11.7 Å². The van der Waals surface area contributed by atoms with E-state index in [4.69, 9.17) is 5.26 Å². The Bertz CT molecular complexity index is 889. The number of rotatable bonds is 4. The van der Waals surface area contributed by atoms with Crippen LogP contribution in [0.5, 0.6) is 0 Å². The second-order valence-electron chi connectivity index (χ2n) is 5.27. The Morgan fingerprint density at radius 2 is 1.88 bits per heavy atom. The van der Waals surface area contributed by atoms with Gasteiger partial charge in [-0.3, -0.25) is 4.79 Å². The van der Waals surface area contributed by atoms with Crippen molar-refractivity contribution < 1.29 is 4.79 Å². The minimum Gasteiger partial charge on any atom is -0.305 e. The van der Waals surface area contributed by atoms with E-state index in [1.165, 1.54) is 0 Å². The summed E-state index contributed by atoms with van der Waals surface area (Å²) in [5, 5.41) is 16.1. The summed E-state index contributed by atoms with van der Waals surface area (Å²) in [7, 11) is 0. The topological polar surface area (TPSA) is 70.7 Å². The first-order valence-corrected chi connectivity index (χ1v) is 7.67. The van der Waals surface area contributed by atoms with Crippen molar-refractivity contribution in [3.63, 3.8) is 0 Å². The molecule has 0 atom stereocenters. The van der Waals surface area contributed by atoms with E-state index in [1.807, 2.05) is 54.1 Å². The molecule has 1 aromatic heterocycles. The van der Waals surface area contributed by atoms with Gasteiger partial charge < -0.3 is 5.32 Å². The van der Waals surface area contributed by atoms with Gasteiger partial charge in [0.25, 0.3) is 5.91 Å². The fourth-order valence-electron chi connectivity index (χ4n) is 2.41. The maximum atomic E-state index is 12.3. The number of nitrogens with one attached hydrogen (secondary N) is 1. The second-order valence-corrected chi connectivity index (χ2v) is 5.27. The van der Waals surface area contributed by atoms with Crippen LogP contribution in [-0.4, -0.2) is 15.7 Å². The number of hydrogen-bond acceptors (Lipinski definition) is 3. The van der Waals surface area contributed by atoms with E-state index in [9.17, 15) is 4.79 Å². The predicted molar refractivity (Wildman–Crippen MR) is 92.1 cm³/mol. The van der Waals surface area contributed by atoms with Gasteiger partial charge in [0.05, 0.1) is 17.3 Å². The van der Waals surface area contributed by atoms with Crippen molar-refractivity contribution in [2.24, 2.45) is 0 Å². The number of benzene rings is 2. The van der Waals surface area contributed by atoms with Crippen LogP contribution in [0.25, 0.3) is 5.69 Å². The quantitative estimate of drug-likeness (QED) is 0.800. The number of para-hydroxylation sites is 1. The molecular formula is C19H16N4O. The summed E-state index contributed by atoms with van der Waals surface area (Å²) < 4.78 is 1.83. The fourth-order valence-corrected chi connectivity index (χ4v) is 2.41. The molecule has 1 amide bonds. The van der Waals surface area contributed by atoms with Crippen molar-refractivity contribution in [1.82, 2.24) is 9.78 Å². The van der Waals surface area contributed by atoms with E-state index < -0.39 is 0 Å². The molecule has 3 aromatic rings. The van der Waals surface area contributed by atoms with Crippen LogP contribution in [0.3, 0.4) is 0 Å². The summed E-state index contributed by atoms with van der Waals surface area (Å²) >= 11 is 0. The molecular weight excluding hydrogens is 300 g/mol. The fraction of sp³-hybridized carbons (Fsp3) is 0.105. The number of hydrogen-bond donors (Lipinski definition) is 1. The molecule has 0 bridgehead atoms. The summed E-state index contributed by atoms with van der Waals surface area (Å²) in [6.07, 6.45) is 0.800. The zero-order valence-electron chi connectivity index (χ0n) is 13.2. The Balaban J connectivity index is 1.84. The van der Waals surface area contributed by atoms with E-state index in [2.05, 4.69) is 10.4 Å². The van der Waals surface area contributed by atoms with Crippen LogP contribution >= 0.6 is 0 Å². The number of aromatic nitrogens is 2. The molecule has 0 aliphatic carbocycles. The Hall–Kier alpha value is -3.39. The van der Waals surface area contributed by atoms with Crippen LogP contribution in [0.2, 0.25) is 0 Å². The molecule has 0 saturated carbocycles. The molecule has 118 valence electrons. The first-order valence-electron chi connectivity index (χ1n) is 7.67. The standard InChI is InChI=1S/C19H16N4O/c1-2-16-12-18(22-23(16)17-6-4-3-5-7-17)21-19(24)15-10-8-14(13-20)9-11-15/h3-12H,2H2,1H3,(H,21,22,24). The van der Waals surface area contributed by atoms with Gasteiger partial charge in [0.15, 0.2) is 5.82 Å². The molecule has 0 spiro atoms. The number of anilines is 1. The van der Waals surface area contributed by atoms with E-state index in [1.54, 1.807) is 24.3 Å². The first kappa shape index (κ1) is 15.5. The van der Waals surface area contributed by atoms with Gasteiger partial charge in [-0.25, -0.2) is 4.68 Å². The summed E-state index contributed by atoms with van der Waals surface area (Å²) in [6, 6.07) is 20.2. The van der Waals surface area contributed by atoms with Gasteiger partial charge in [0, 0.05) is 17.3 Å². The van der Waals surface area contributed by atoms with Crippen molar-refractivity contribution in [3.8, 4) is 11.8 Å². The third kappa shape index (κ3) is 3.18. The highest BCUT2D eigenvalue weighted by Crippen LogP contribution is 2.17. The van der Waals surface area contributed by atoms with Crippen molar-refractivity contribution in [2.45, 2.75) is 13.3 Å². The maximum Gasteiger partial charge on any atom is 0.256 e. The van der Waals surface area contributed by atoms with Gasteiger partial charge in [0.1, 0.15) is 0 Å². The summed E-state index contributed by atoms with van der Waals surface area (Å²) in [4.78, 5) is 12.3. The molecule has 5 nitrogen and oxygen atoms in total. The first-order chi connectivity index (χ1) is 11.7. The molecule has 0 radical (unpaired) electrons. The van der Waals surface area contributed by atoms with Crippen LogP contribution in [0.1, 0.15) is 28.5 Å². The van der Waals surface area contributed by atoms with E-state index in [-0.39, 0.29) is 5.91 Å². The smallest absolute Gasteiger partial charge is 0.256 e. The number of nitriles is 1. The highest BCUT2D eigenvalue weighted by Gasteiger charge is 2.12. The van der Waals surface area contributed by atoms with E-state index in [0.717, 1.165) is 17.8 Å². The summed E-state index contributed by atoms with van der Waals surface area (Å²) in [5.41, 5.74) is 2.97. The zero-order valence-corrected chi connectivity index (χ0v) is 13.2. The number of carbonyl (C=O) groups is 1. The number of aryl methyl sites for hydroxylation is 1. The third-order valence-corrected chi connectivity index (χ3v) is 3.66. The minimum atomic E-state index is -0.250. The number of nitrogens with zero attached hydrogens (tertiary/aromatic N) is 3. The number of carbonyl (C=O) groups excluding carboxylic acids is 1. The van der Waals surface area contributed by atoms with Gasteiger partial charge in [-0.15, -0.1) is 5.10 Å². The Morgan fingerprint density at radius 1 is 1.17 bits per heavy atom. The molecule has 0 unspecified atom stereocenters. The highest BCUT2D eigenvalue weighted by atomic mass is 16.1. The molecule has 5 heteroatoms. The SMILES string of the molecule is CCc1cc(NC(=O)c2ccc(C#N)cc2)nn1-c1ccccc1. The lowest BCUT2D eigenvalue weighted by atomic mass is 10.1. The lowest BCUT2D eigenvalue weighted by molar-refractivity contribution is 0.102. The van der Waals surface area contributed by atoms with E-state index >= 15 is 0 Å². The van der Waals surface area contributed by atoms with E-state index in [0.29, 0.717) is 16.9 Å². The third-order valence-electron chi connectivity index (χ3n) is 3.66. The normalized spacial score (nSPS) is 10.2. The lowest BCUT2D eigenvalue weighted by Gasteiger charge is -2.05. The zero-order chi connectivity index (χ0) is 16.9.